The Bertz CT molecular complexity index is 1340. The van der Waals surface area contributed by atoms with Crippen molar-refractivity contribution in [1.29, 1.82) is 0 Å². The van der Waals surface area contributed by atoms with Gasteiger partial charge in [0.1, 0.15) is 4.83 Å². The number of ketones is 1. The third-order valence-corrected chi connectivity index (χ3v) is 8.05. The number of aryl methyl sites for hydroxylation is 3. The predicted molar refractivity (Wildman–Crippen MR) is 133 cm³/mol. The molecule has 2 aromatic carbocycles. The van der Waals surface area contributed by atoms with Crippen LogP contribution in [0.2, 0.25) is 0 Å². The zero-order valence-electron chi connectivity index (χ0n) is 18.0. The predicted octanol–water partition coefficient (Wildman–Crippen LogP) is 6.00. The topological polar surface area (TPSA) is 52.0 Å². The first-order valence-electron chi connectivity index (χ1n) is 11.0. The molecule has 162 valence electrons. The van der Waals surface area contributed by atoms with Crippen LogP contribution in [0.3, 0.4) is 0 Å². The average Bonchev–Trinajstić information content (AvgIpc) is 3.00. The maximum atomic E-state index is 13.8. The highest BCUT2D eigenvalue weighted by Gasteiger charge is 2.22. The lowest BCUT2D eigenvalue weighted by atomic mass is 10.1. The molecule has 0 radical (unpaired) electrons. The normalized spacial score (nSPS) is 13.7. The van der Waals surface area contributed by atoms with Crippen LogP contribution in [-0.4, -0.2) is 21.1 Å². The van der Waals surface area contributed by atoms with Gasteiger partial charge in [0.05, 0.1) is 16.8 Å². The number of rotatable bonds is 5. The molecule has 0 spiro atoms. The van der Waals surface area contributed by atoms with Crippen LogP contribution in [0.1, 0.15) is 45.6 Å². The summed E-state index contributed by atoms with van der Waals surface area (Å²) in [5.74, 6) is 0.265. The Hall–Kier alpha value is -2.70. The Balaban J connectivity index is 1.62. The monoisotopic (exact) mass is 460 g/mol. The Morgan fingerprint density at radius 1 is 1.03 bits per heavy atom. The second kappa shape index (κ2) is 9.04. The minimum absolute atomic E-state index is 0.0205. The number of thioether (sulfide) groups is 1. The van der Waals surface area contributed by atoms with Gasteiger partial charge in [0.2, 0.25) is 0 Å². The quantitative estimate of drug-likeness (QED) is 0.159. The highest BCUT2D eigenvalue weighted by Crippen LogP contribution is 2.34. The van der Waals surface area contributed by atoms with Crippen molar-refractivity contribution in [3.05, 3.63) is 86.5 Å². The number of carbonyl (C=O) groups excluding carboxylic acids is 1. The van der Waals surface area contributed by atoms with Crippen LogP contribution in [0.4, 0.5) is 0 Å². The molecule has 0 saturated heterocycles. The zero-order chi connectivity index (χ0) is 22.1. The van der Waals surface area contributed by atoms with E-state index in [1.807, 2.05) is 61.5 Å². The molecule has 6 heteroatoms. The summed E-state index contributed by atoms with van der Waals surface area (Å²) in [6, 6.07) is 17.2. The van der Waals surface area contributed by atoms with Crippen molar-refractivity contribution in [3.63, 3.8) is 0 Å². The van der Waals surface area contributed by atoms with Gasteiger partial charge in [-0.15, -0.1) is 11.3 Å². The molecule has 1 aliphatic carbocycles. The van der Waals surface area contributed by atoms with E-state index in [4.69, 9.17) is 4.98 Å². The van der Waals surface area contributed by atoms with Crippen LogP contribution in [0.25, 0.3) is 15.9 Å². The molecule has 5 rings (SSSR count). The molecular weight excluding hydrogens is 436 g/mol. The van der Waals surface area contributed by atoms with Gasteiger partial charge in [-0.2, -0.15) is 0 Å². The van der Waals surface area contributed by atoms with E-state index < -0.39 is 0 Å². The first-order chi connectivity index (χ1) is 15.6. The van der Waals surface area contributed by atoms with Crippen LogP contribution in [0, 0.1) is 6.92 Å². The summed E-state index contributed by atoms with van der Waals surface area (Å²) in [5.41, 5.74) is 3.77. The van der Waals surface area contributed by atoms with Gasteiger partial charge in [0.15, 0.2) is 10.9 Å². The first kappa shape index (κ1) is 21.2. The van der Waals surface area contributed by atoms with Crippen LogP contribution in [0.5, 0.6) is 0 Å². The van der Waals surface area contributed by atoms with Crippen molar-refractivity contribution in [2.24, 2.45) is 0 Å². The third kappa shape index (κ3) is 4.05. The summed E-state index contributed by atoms with van der Waals surface area (Å²) >= 11 is 2.99. The molecule has 0 bridgehead atoms. The second-order valence-corrected chi connectivity index (χ2v) is 10.2. The molecule has 4 nitrogen and oxygen atoms in total. The number of thiophene rings is 1. The van der Waals surface area contributed by atoms with Crippen molar-refractivity contribution in [3.8, 4) is 5.69 Å². The van der Waals surface area contributed by atoms with E-state index in [0.29, 0.717) is 10.7 Å². The molecule has 0 aliphatic heterocycles. The molecule has 32 heavy (non-hydrogen) atoms. The van der Waals surface area contributed by atoms with Crippen molar-refractivity contribution < 1.29 is 4.79 Å². The number of hydrogen-bond donors (Lipinski definition) is 0. The van der Waals surface area contributed by atoms with E-state index in [0.717, 1.165) is 40.7 Å². The molecule has 1 aliphatic rings. The fourth-order valence-electron chi connectivity index (χ4n) is 4.22. The lowest BCUT2D eigenvalue weighted by Crippen LogP contribution is -2.22. The molecule has 0 unspecified atom stereocenters. The van der Waals surface area contributed by atoms with Crippen molar-refractivity contribution in [2.75, 3.05) is 5.75 Å². The molecule has 0 N–H and O–H groups in total. The van der Waals surface area contributed by atoms with E-state index in [2.05, 4.69) is 0 Å². The SMILES string of the molecule is Cc1ccc(-n2c(SCC(=O)c3ccccc3)nc3sc4c(c3c2=O)CCCCC4)cc1. The third-order valence-electron chi connectivity index (χ3n) is 5.93. The molecule has 4 aromatic rings. The minimum Gasteiger partial charge on any atom is -0.293 e. The summed E-state index contributed by atoms with van der Waals surface area (Å²) in [6.45, 7) is 2.03. The van der Waals surface area contributed by atoms with Gasteiger partial charge >= 0.3 is 0 Å². The Kier molecular flexibility index (Phi) is 5.98. The van der Waals surface area contributed by atoms with E-state index in [1.165, 1.54) is 35.0 Å². The van der Waals surface area contributed by atoms with Gasteiger partial charge in [0.25, 0.3) is 5.56 Å². The van der Waals surface area contributed by atoms with E-state index in [9.17, 15) is 9.59 Å². The highest BCUT2D eigenvalue weighted by atomic mass is 32.2. The van der Waals surface area contributed by atoms with E-state index in [1.54, 1.807) is 15.9 Å². The summed E-state index contributed by atoms with van der Waals surface area (Å²) in [7, 11) is 0. The summed E-state index contributed by atoms with van der Waals surface area (Å²) in [6.07, 6.45) is 5.45. The van der Waals surface area contributed by atoms with Gasteiger partial charge in [0, 0.05) is 10.4 Å². The molecular formula is C26H24N2O2S2. The lowest BCUT2D eigenvalue weighted by molar-refractivity contribution is 0.102. The van der Waals surface area contributed by atoms with Gasteiger partial charge in [-0.25, -0.2) is 4.98 Å². The number of benzene rings is 2. The zero-order valence-corrected chi connectivity index (χ0v) is 19.6. The first-order valence-corrected chi connectivity index (χ1v) is 12.8. The second-order valence-electron chi connectivity index (χ2n) is 8.19. The Morgan fingerprint density at radius 3 is 2.56 bits per heavy atom. The fraction of sp³-hybridized carbons (Fsp3) is 0.269. The van der Waals surface area contributed by atoms with Crippen LogP contribution in [-0.2, 0) is 12.8 Å². The maximum Gasteiger partial charge on any atom is 0.267 e. The van der Waals surface area contributed by atoms with Crippen molar-refractivity contribution in [1.82, 2.24) is 9.55 Å². The van der Waals surface area contributed by atoms with Gasteiger partial charge in [-0.3, -0.25) is 14.2 Å². The summed E-state index contributed by atoms with van der Waals surface area (Å²) in [5, 5.41) is 1.35. The molecule has 0 amide bonds. The lowest BCUT2D eigenvalue weighted by Gasteiger charge is -2.13. The van der Waals surface area contributed by atoms with E-state index in [-0.39, 0.29) is 17.1 Å². The summed E-state index contributed by atoms with van der Waals surface area (Å²) in [4.78, 5) is 33.6. The van der Waals surface area contributed by atoms with Gasteiger partial charge < -0.3 is 0 Å². The molecule has 2 heterocycles. The van der Waals surface area contributed by atoms with E-state index >= 15 is 0 Å². The maximum absolute atomic E-state index is 13.8. The standard InChI is InChI=1S/C26H24N2O2S2/c1-17-12-14-19(15-13-17)28-25(30)23-20-10-6-3-7-11-22(20)32-24(23)27-26(28)31-16-21(29)18-8-4-2-5-9-18/h2,4-5,8-9,12-15H,3,6-7,10-11,16H2,1H3. The Labute approximate surface area is 195 Å². The number of Topliss-reactive ketones (excluding diaryl/α,β-unsaturated/α-hetero) is 1. The Morgan fingerprint density at radius 2 is 1.78 bits per heavy atom. The van der Waals surface area contributed by atoms with Crippen LogP contribution >= 0.6 is 23.1 Å². The van der Waals surface area contributed by atoms with Crippen molar-refractivity contribution in [2.45, 2.75) is 44.2 Å². The number of aromatic nitrogens is 2. The number of fused-ring (bicyclic) bond motifs is 3. The van der Waals surface area contributed by atoms with Crippen LogP contribution < -0.4 is 5.56 Å². The molecule has 0 saturated carbocycles. The number of hydrogen-bond acceptors (Lipinski definition) is 5. The molecule has 0 fully saturated rings. The average molecular weight is 461 g/mol. The van der Waals surface area contributed by atoms with Crippen LogP contribution in [0.15, 0.2) is 64.5 Å². The summed E-state index contributed by atoms with van der Waals surface area (Å²) < 4.78 is 1.70. The van der Waals surface area contributed by atoms with Gasteiger partial charge in [-0.1, -0.05) is 66.2 Å². The number of carbonyl (C=O) groups is 1. The largest absolute Gasteiger partial charge is 0.293 e. The van der Waals surface area contributed by atoms with Gasteiger partial charge in [-0.05, 0) is 50.3 Å². The fourth-order valence-corrected chi connectivity index (χ4v) is 6.43. The molecule has 2 aromatic heterocycles. The highest BCUT2D eigenvalue weighted by molar-refractivity contribution is 7.99. The number of nitrogens with zero attached hydrogens (tertiary/aromatic N) is 2. The molecule has 0 atom stereocenters. The smallest absolute Gasteiger partial charge is 0.267 e. The van der Waals surface area contributed by atoms with Crippen molar-refractivity contribution >= 4 is 39.1 Å². The minimum atomic E-state index is -0.0205.